The first kappa shape index (κ1) is 97.8. The molecule has 0 amide bonds. The topological polar surface area (TPSA) is 0 Å². The fraction of sp³-hybridized carbons (Fsp3) is 0.204. The number of aryl methyl sites for hydroxylation is 18. The molecule has 13 aromatic carbocycles. The van der Waals surface area contributed by atoms with Gasteiger partial charge in [-0.25, -0.2) is 43.9 Å². The van der Waals surface area contributed by atoms with Crippen LogP contribution in [0.25, 0.3) is 0 Å². The zero-order valence-corrected chi connectivity index (χ0v) is 68.6. The molecule has 13 rings (SSSR count). The maximum atomic E-state index is 12.6. The van der Waals surface area contributed by atoms with Crippen LogP contribution in [0.2, 0.25) is 10.0 Å². The summed E-state index contributed by atoms with van der Waals surface area (Å²) in [6.07, 6.45) is 0. The lowest BCUT2D eigenvalue weighted by atomic mass is 10.1. The lowest BCUT2D eigenvalue weighted by molar-refractivity contribution is 0.568. The Morgan fingerprint density at radius 3 is 0.727 bits per heavy atom. The highest BCUT2D eigenvalue weighted by atomic mass is 35.5. The predicted molar refractivity (Wildman–Crippen MR) is 448 cm³/mol. The van der Waals surface area contributed by atoms with Gasteiger partial charge in [0.25, 0.3) is 0 Å². The molecule has 13 aromatic rings. The normalized spacial score (nSPS) is 9.45. The van der Waals surface area contributed by atoms with Crippen molar-refractivity contribution >= 4 is 23.2 Å². The summed E-state index contributed by atoms with van der Waals surface area (Å²) in [7, 11) is 0. The molecule has 0 heterocycles. The highest BCUT2D eigenvalue weighted by molar-refractivity contribution is 6.30. The number of halogens is 12. The minimum Gasteiger partial charge on any atom is -0.207 e. The fourth-order valence-corrected chi connectivity index (χ4v) is 8.46. The number of benzene rings is 13. The van der Waals surface area contributed by atoms with Crippen molar-refractivity contribution in [3.8, 4) is 0 Å². The molecule has 0 saturated carbocycles. The SMILES string of the molecule is Cc1c(F)cccc1F.Cc1ccc(C)c(C)c1.Cc1ccc(C)c(F)c1.Cc1ccc(C)cc1.Cc1ccc(Cl)cc1.Cc1ccc(Cl)cc1F.Cc1ccc(F)cc1.Cc1ccc(F)cc1C.Cc1ccc(F)cc1F.Cc1cccc(F)c1C.Cc1ccccc1.Cc1ccccc1C.Cc1ccccc1F. The van der Waals surface area contributed by atoms with Crippen molar-refractivity contribution in [2.75, 3.05) is 0 Å². The smallest absolute Gasteiger partial charge is 0.129 e. The van der Waals surface area contributed by atoms with Gasteiger partial charge in [-0.3, -0.25) is 0 Å². The Bertz CT molecular complexity index is 4100. The van der Waals surface area contributed by atoms with Crippen molar-refractivity contribution in [1.82, 2.24) is 0 Å². The first-order valence-corrected chi connectivity index (χ1v) is 36.2. The summed E-state index contributed by atoms with van der Waals surface area (Å²) in [5, 5.41) is 1.24. The molecule has 0 saturated heterocycles. The molecule has 110 heavy (non-hydrogen) atoms. The van der Waals surface area contributed by atoms with Crippen LogP contribution in [0.5, 0.6) is 0 Å². The highest BCUT2D eigenvalue weighted by Crippen LogP contribution is 2.16. The third-order valence-electron chi connectivity index (χ3n) is 16.1. The van der Waals surface area contributed by atoms with Gasteiger partial charge in [0.15, 0.2) is 0 Å². The van der Waals surface area contributed by atoms with Gasteiger partial charge in [-0.05, 0) is 296 Å². The van der Waals surface area contributed by atoms with Crippen LogP contribution < -0.4 is 0 Å². The van der Waals surface area contributed by atoms with E-state index in [1.165, 1.54) is 136 Å². The standard InChI is InChI=1S/C9H12.3C8H9F.2C8H10.C7H6ClF.C7H7Cl.2C7H6F2.2C7H7F.C7H8/c1-7-4-5-8(2)9(3)6-7;1-6-3-4-8(9)5-7(6)2;1-6-3-4-7(2)8(9)5-6;1-6-4-3-5-8(9)7(6)2;1-7-3-5-8(2)6-4-7;1-7-5-3-4-6-8(7)2;1-5-2-3-6(8)4-7(5)9;1-6-2-4-7(8)5-3-6;1-5-2-3-6(8)4-7(5)9;1-5-6(8)3-2-4-7(5)9;1-6-2-4-7(8)5-3-6;1-6-4-2-3-5-7(6)8;1-7-5-3-2-4-6-7/h4-6H,1-3H3;3*3-5H,1-2H3;2*3-6H,1-2H3;2-4H,1H3;2-5H,1H3;2*2-4H,1H3;2*2-5H,1H3;2-6H,1H3. The molecule has 12 heteroatoms. The average molecular weight is 1540 g/mol. The van der Waals surface area contributed by atoms with Gasteiger partial charge in [-0.1, -0.05) is 245 Å². The Hall–Kier alpha value is -10.3. The van der Waals surface area contributed by atoms with E-state index in [9.17, 15) is 43.9 Å². The highest BCUT2D eigenvalue weighted by Gasteiger charge is 2.02. The molecule has 0 aliphatic heterocycles. The van der Waals surface area contributed by atoms with Crippen molar-refractivity contribution in [3.63, 3.8) is 0 Å². The van der Waals surface area contributed by atoms with Crippen molar-refractivity contribution in [2.24, 2.45) is 0 Å². The Kier molecular flexibility index (Phi) is 48.3. The molecule has 582 valence electrons. The number of hydrogen-bond donors (Lipinski definition) is 0. The Morgan fingerprint density at radius 2 is 0.427 bits per heavy atom. The van der Waals surface area contributed by atoms with E-state index in [1.807, 2.05) is 102 Å². The Balaban J connectivity index is 0.000000596. The van der Waals surface area contributed by atoms with Crippen LogP contribution in [-0.2, 0) is 0 Å². The van der Waals surface area contributed by atoms with E-state index >= 15 is 0 Å². The minimum absolute atomic E-state index is 0.0810. The fourth-order valence-electron chi connectivity index (χ4n) is 8.18. The lowest BCUT2D eigenvalue weighted by Crippen LogP contribution is -1.85. The molecule has 0 radical (unpaired) electrons. The molecule has 0 spiro atoms. The molecule has 0 aliphatic carbocycles. The van der Waals surface area contributed by atoms with Gasteiger partial charge in [0, 0.05) is 21.7 Å². The van der Waals surface area contributed by atoms with E-state index in [2.05, 4.69) is 134 Å². The molecular weight excluding hydrogens is 1440 g/mol. The molecular formula is C98H106Cl2F10. The zero-order chi connectivity index (χ0) is 83.0. The molecule has 0 atom stereocenters. The third-order valence-corrected chi connectivity index (χ3v) is 16.6. The minimum atomic E-state index is -0.530. The molecule has 0 aliphatic rings. The summed E-state index contributed by atoms with van der Waals surface area (Å²) in [5.74, 6) is -2.94. The summed E-state index contributed by atoms with van der Waals surface area (Å²) in [6, 6.07) is 81.5. The van der Waals surface area contributed by atoms with E-state index in [0.29, 0.717) is 27.3 Å². The molecule has 0 nitrogen and oxygen atoms in total. The molecule has 0 aromatic heterocycles. The van der Waals surface area contributed by atoms with Gasteiger partial charge in [0.1, 0.15) is 58.2 Å². The van der Waals surface area contributed by atoms with Crippen LogP contribution in [-0.4, -0.2) is 0 Å². The van der Waals surface area contributed by atoms with Crippen LogP contribution in [0.3, 0.4) is 0 Å². The largest absolute Gasteiger partial charge is 0.207 e. The Labute approximate surface area is 660 Å². The van der Waals surface area contributed by atoms with E-state index in [1.54, 1.807) is 89.2 Å². The second kappa shape index (κ2) is 54.4. The monoisotopic (exact) mass is 1540 g/mol. The summed E-state index contributed by atoms with van der Waals surface area (Å²) in [4.78, 5) is 0. The van der Waals surface area contributed by atoms with E-state index in [-0.39, 0.29) is 40.5 Å². The second-order valence-corrected chi connectivity index (χ2v) is 27.0. The van der Waals surface area contributed by atoms with Crippen LogP contribution in [0.4, 0.5) is 43.9 Å². The lowest BCUT2D eigenvalue weighted by Gasteiger charge is -1.98. The maximum absolute atomic E-state index is 12.6. The van der Waals surface area contributed by atoms with Crippen molar-refractivity contribution in [2.45, 2.75) is 138 Å². The molecule has 0 bridgehead atoms. The van der Waals surface area contributed by atoms with Crippen LogP contribution >= 0.6 is 23.2 Å². The quantitative estimate of drug-likeness (QED) is 0.133. The summed E-state index contributed by atoms with van der Waals surface area (Å²) in [6.45, 7) is 38.5. The van der Waals surface area contributed by atoms with Crippen molar-refractivity contribution in [1.29, 1.82) is 0 Å². The zero-order valence-electron chi connectivity index (χ0n) is 67.1. The van der Waals surface area contributed by atoms with E-state index in [4.69, 9.17) is 23.2 Å². The van der Waals surface area contributed by atoms with Crippen molar-refractivity contribution in [3.05, 3.63) is 459 Å². The first-order valence-electron chi connectivity index (χ1n) is 35.5. The maximum Gasteiger partial charge on any atom is 0.129 e. The molecule has 0 unspecified atom stereocenters. The summed E-state index contributed by atoms with van der Waals surface area (Å²) >= 11 is 11.1. The van der Waals surface area contributed by atoms with Crippen LogP contribution in [0.1, 0.15) is 111 Å². The van der Waals surface area contributed by atoms with Gasteiger partial charge in [-0.15, -0.1) is 0 Å². The van der Waals surface area contributed by atoms with Gasteiger partial charge < -0.3 is 0 Å². The first-order chi connectivity index (χ1) is 51.8. The number of hydrogen-bond acceptors (Lipinski definition) is 0. The summed E-state index contributed by atoms with van der Waals surface area (Å²) < 4.78 is 124. The number of rotatable bonds is 0. The average Bonchev–Trinajstić information content (AvgIpc) is 0.945. The van der Waals surface area contributed by atoms with E-state index < -0.39 is 23.3 Å². The van der Waals surface area contributed by atoms with Gasteiger partial charge >= 0.3 is 0 Å². The van der Waals surface area contributed by atoms with Crippen molar-refractivity contribution < 1.29 is 43.9 Å². The van der Waals surface area contributed by atoms with E-state index in [0.717, 1.165) is 44.5 Å². The van der Waals surface area contributed by atoms with Crippen LogP contribution in [0, 0.1) is 197 Å². The van der Waals surface area contributed by atoms with Gasteiger partial charge in [0.2, 0.25) is 0 Å². The predicted octanol–water partition coefficient (Wildman–Crippen LogP) is 30.8. The van der Waals surface area contributed by atoms with Gasteiger partial charge in [-0.2, -0.15) is 0 Å². The van der Waals surface area contributed by atoms with Crippen LogP contribution in [0.15, 0.2) is 279 Å². The third kappa shape index (κ3) is 44.9. The second-order valence-electron chi connectivity index (χ2n) is 26.1. The molecule has 0 fully saturated rings. The Morgan fingerprint density at radius 1 is 0.155 bits per heavy atom. The summed E-state index contributed by atoms with van der Waals surface area (Å²) in [5.41, 5.74) is 20.6. The molecule has 0 N–H and O–H groups in total. The van der Waals surface area contributed by atoms with Gasteiger partial charge in [0.05, 0.1) is 0 Å².